The van der Waals surface area contributed by atoms with Gasteiger partial charge in [-0.05, 0) is 12.8 Å². The molecule has 1 aliphatic heterocycles. The van der Waals surface area contributed by atoms with Crippen LogP contribution in [0.4, 0.5) is 4.79 Å². The Labute approximate surface area is 106 Å². The number of nitrogens with one attached hydrogen (secondary N) is 1. The molecule has 1 rings (SSSR count). The summed E-state index contributed by atoms with van der Waals surface area (Å²) in [6.45, 7) is 0.727. The maximum Gasteiger partial charge on any atom is 0.421 e. The van der Waals surface area contributed by atoms with Crippen LogP contribution < -0.4 is 4.72 Å². The number of rotatable bonds is 5. The third kappa shape index (κ3) is 4.41. The molecule has 0 saturated carbocycles. The number of aliphatic hydroxyl groups excluding tert-OH is 1. The van der Waals surface area contributed by atoms with Crippen LogP contribution >= 0.6 is 0 Å². The van der Waals surface area contributed by atoms with Crippen LogP contribution in [0.3, 0.4) is 0 Å². The molecule has 1 fully saturated rings. The average molecular weight is 282 g/mol. The second kappa shape index (κ2) is 6.88. The minimum atomic E-state index is -3.83. The van der Waals surface area contributed by atoms with Crippen molar-refractivity contribution in [2.24, 2.45) is 0 Å². The van der Waals surface area contributed by atoms with Gasteiger partial charge in [0.2, 0.25) is 0 Å². The molecule has 9 heteroatoms. The van der Waals surface area contributed by atoms with Gasteiger partial charge in [0.1, 0.15) is 0 Å². The highest BCUT2D eigenvalue weighted by atomic mass is 32.2. The Hall–Kier alpha value is -0.900. The molecule has 0 bridgehead atoms. The number of carbonyl (C=O) groups is 1. The molecular weight excluding hydrogens is 264 g/mol. The van der Waals surface area contributed by atoms with E-state index >= 15 is 0 Å². The van der Waals surface area contributed by atoms with E-state index in [2.05, 4.69) is 4.74 Å². The molecule has 8 nitrogen and oxygen atoms in total. The van der Waals surface area contributed by atoms with Gasteiger partial charge in [0.05, 0.1) is 26.4 Å². The molecule has 0 unspecified atom stereocenters. The molecule has 0 aromatic heterocycles. The first kappa shape index (κ1) is 15.2. The van der Waals surface area contributed by atoms with Crippen molar-refractivity contribution in [1.82, 2.24) is 9.03 Å². The monoisotopic (exact) mass is 282 g/mol. The van der Waals surface area contributed by atoms with E-state index in [1.165, 1.54) is 4.31 Å². The van der Waals surface area contributed by atoms with Gasteiger partial charge in [-0.15, -0.1) is 0 Å². The van der Waals surface area contributed by atoms with E-state index in [4.69, 9.17) is 9.84 Å². The second-order valence-electron chi connectivity index (χ2n) is 3.79. The molecule has 1 heterocycles. The molecule has 2 N–H and O–H groups in total. The molecule has 1 amide bonds. The van der Waals surface area contributed by atoms with Crippen LogP contribution in [-0.4, -0.2) is 63.4 Å². The highest BCUT2D eigenvalue weighted by Gasteiger charge is 2.29. The summed E-state index contributed by atoms with van der Waals surface area (Å²) in [5, 5.41) is 8.61. The van der Waals surface area contributed by atoms with Crippen LogP contribution in [-0.2, 0) is 19.7 Å². The maximum absolute atomic E-state index is 11.7. The van der Waals surface area contributed by atoms with Crippen molar-refractivity contribution in [3.63, 3.8) is 0 Å². The highest BCUT2D eigenvalue weighted by molar-refractivity contribution is 7.87. The predicted molar refractivity (Wildman–Crippen MR) is 62.1 cm³/mol. The fourth-order valence-electron chi connectivity index (χ4n) is 1.67. The van der Waals surface area contributed by atoms with Gasteiger partial charge in [0.15, 0.2) is 0 Å². The number of carbonyl (C=O) groups excluding carboxylic acids is 1. The van der Waals surface area contributed by atoms with Gasteiger partial charge in [0, 0.05) is 13.1 Å². The third-order valence-corrected chi connectivity index (χ3v) is 4.05. The summed E-state index contributed by atoms with van der Waals surface area (Å²) in [5.41, 5.74) is 0. The Morgan fingerprint density at radius 3 is 2.56 bits per heavy atom. The summed E-state index contributed by atoms with van der Waals surface area (Å²) in [4.78, 5) is 10.9. The lowest BCUT2D eigenvalue weighted by molar-refractivity contribution is 0.00307. The van der Waals surface area contributed by atoms with E-state index in [-0.39, 0.29) is 32.4 Å². The Morgan fingerprint density at radius 1 is 1.44 bits per heavy atom. The minimum absolute atomic E-state index is 0.0532. The van der Waals surface area contributed by atoms with Crippen LogP contribution in [0.2, 0.25) is 0 Å². The molecule has 0 aliphatic carbocycles. The Bertz CT molecular complexity index is 363. The third-order valence-electron chi connectivity index (χ3n) is 2.58. The lowest BCUT2D eigenvalue weighted by Gasteiger charge is -2.30. The average Bonchev–Trinajstić information content (AvgIpc) is 2.36. The molecule has 106 valence electrons. The number of hydrogen-bond donors (Lipinski definition) is 2. The number of methoxy groups -OCH3 is 1. The van der Waals surface area contributed by atoms with Gasteiger partial charge >= 0.3 is 16.3 Å². The SMILES string of the molecule is COC(=O)NS(=O)(=O)N1CCC(OCCO)CC1. The number of nitrogens with zero attached hydrogens (tertiary/aromatic N) is 1. The van der Waals surface area contributed by atoms with Gasteiger partial charge in [-0.2, -0.15) is 12.7 Å². The van der Waals surface area contributed by atoms with Crippen LogP contribution in [0.25, 0.3) is 0 Å². The number of ether oxygens (including phenoxy) is 2. The Balaban J connectivity index is 2.44. The van der Waals surface area contributed by atoms with Crippen LogP contribution in [0.1, 0.15) is 12.8 Å². The van der Waals surface area contributed by atoms with Gasteiger partial charge in [0.25, 0.3) is 0 Å². The van der Waals surface area contributed by atoms with Crippen molar-refractivity contribution in [3.8, 4) is 0 Å². The van der Waals surface area contributed by atoms with E-state index in [0.29, 0.717) is 12.8 Å². The molecule has 0 spiro atoms. The summed E-state index contributed by atoms with van der Waals surface area (Å²) in [6, 6.07) is 0. The summed E-state index contributed by atoms with van der Waals surface area (Å²) in [5.74, 6) is 0. The Kier molecular flexibility index (Phi) is 5.79. The lowest BCUT2D eigenvalue weighted by Crippen LogP contribution is -2.48. The van der Waals surface area contributed by atoms with Crippen molar-refractivity contribution in [3.05, 3.63) is 0 Å². The fraction of sp³-hybridized carbons (Fsp3) is 0.889. The Morgan fingerprint density at radius 2 is 2.06 bits per heavy atom. The summed E-state index contributed by atoms with van der Waals surface area (Å²) >= 11 is 0. The van der Waals surface area contributed by atoms with E-state index < -0.39 is 16.3 Å². The topological polar surface area (TPSA) is 105 Å². The minimum Gasteiger partial charge on any atom is -0.452 e. The number of piperidine rings is 1. The van der Waals surface area contributed by atoms with Gasteiger partial charge in [-0.25, -0.2) is 9.52 Å². The normalized spacial score (nSPS) is 18.6. The van der Waals surface area contributed by atoms with Crippen molar-refractivity contribution in [2.75, 3.05) is 33.4 Å². The maximum atomic E-state index is 11.7. The fourth-order valence-corrected chi connectivity index (χ4v) is 2.78. The highest BCUT2D eigenvalue weighted by Crippen LogP contribution is 2.15. The lowest BCUT2D eigenvalue weighted by atomic mass is 10.1. The number of amides is 1. The first-order chi connectivity index (χ1) is 8.49. The molecule has 0 atom stereocenters. The van der Waals surface area contributed by atoms with Gasteiger partial charge in [-0.1, -0.05) is 0 Å². The standard InChI is InChI=1S/C9H18N2O6S/c1-16-9(13)10-18(14,15)11-4-2-8(3-5-11)17-7-6-12/h8,12H,2-7H2,1H3,(H,10,13). The van der Waals surface area contributed by atoms with E-state index in [9.17, 15) is 13.2 Å². The second-order valence-corrected chi connectivity index (χ2v) is 5.46. The summed E-state index contributed by atoms with van der Waals surface area (Å²) in [6.07, 6.45) is -0.000145. The molecule has 18 heavy (non-hydrogen) atoms. The first-order valence-corrected chi connectivity index (χ1v) is 7.02. The molecule has 1 aliphatic rings. The number of hydrogen-bond acceptors (Lipinski definition) is 6. The first-order valence-electron chi connectivity index (χ1n) is 5.58. The van der Waals surface area contributed by atoms with E-state index in [1.807, 2.05) is 0 Å². The van der Waals surface area contributed by atoms with Crippen molar-refractivity contribution in [1.29, 1.82) is 0 Å². The van der Waals surface area contributed by atoms with Gasteiger partial charge < -0.3 is 14.6 Å². The van der Waals surface area contributed by atoms with E-state index in [1.54, 1.807) is 4.72 Å². The summed E-state index contributed by atoms with van der Waals surface area (Å²) in [7, 11) is -2.74. The zero-order chi connectivity index (χ0) is 13.6. The van der Waals surface area contributed by atoms with Crippen molar-refractivity contribution < 1.29 is 27.8 Å². The van der Waals surface area contributed by atoms with Crippen LogP contribution in [0.15, 0.2) is 0 Å². The van der Waals surface area contributed by atoms with Gasteiger partial charge in [-0.3, -0.25) is 0 Å². The number of aliphatic hydroxyl groups is 1. The van der Waals surface area contributed by atoms with Crippen molar-refractivity contribution in [2.45, 2.75) is 18.9 Å². The smallest absolute Gasteiger partial charge is 0.421 e. The van der Waals surface area contributed by atoms with E-state index in [0.717, 1.165) is 7.11 Å². The largest absolute Gasteiger partial charge is 0.452 e. The zero-order valence-electron chi connectivity index (χ0n) is 10.2. The van der Waals surface area contributed by atoms with Crippen molar-refractivity contribution >= 4 is 16.3 Å². The molecule has 0 radical (unpaired) electrons. The van der Waals surface area contributed by atoms with Crippen LogP contribution in [0, 0.1) is 0 Å². The molecule has 0 aromatic rings. The molecular formula is C9H18N2O6S. The van der Waals surface area contributed by atoms with Crippen LogP contribution in [0.5, 0.6) is 0 Å². The molecule has 1 saturated heterocycles. The summed E-state index contributed by atoms with van der Waals surface area (Å²) < 4.78 is 35.9. The quantitative estimate of drug-likeness (QED) is 0.674. The predicted octanol–water partition coefficient (Wildman–Crippen LogP) is -0.939. The zero-order valence-corrected chi connectivity index (χ0v) is 11.0. The molecule has 0 aromatic carbocycles.